The Morgan fingerprint density at radius 3 is 1.22 bits per heavy atom. The fourth-order valence-electron chi connectivity index (χ4n) is 6.10. The van der Waals surface area contributed by atoms with E-state index in [0.29, 0.717) is 17.9 Å². The molecule has 13 heteroatoms. The zero-order valence-electron chi connectivity index (χ0n) is 25.5. The van der Waals surface area contributed by atoms with Gasteiger partial charge in [-0.1, -0.05) is 109 Å². The third-order valence-corrected chi connectivity index (χ3v) is 11.0. The highest BCUT2D eigenvalue weighted by Gasteiger charge is 2.28. The predicted octanol–water partition coefficient (Wildman–Crippen LogP) is 8.18. The molecule has 0 radical (unpaired) electrons. The molecule has 4 aromatic carbocycles. The summed E-state index contributed by atoms with van der Waals surface area (Å²) in [5, 5.41) is 0.218. The van der Waals surface area contributed by atoms with Crippen molar-refractivity contribution >= 4 is 62.7 Å². The predicted molar refractivity (Wildman–Crippen MR) is 175 cm³/mol. The summed E-state index contributed by atoms with van der Waals surface area (Å²) in [6.07, 6.45) is 16.6. The van der Waals surface area contributed by atoms with Crippen molar-refractivity contribution in [3.8, 4) is 5.75 Å². The van der Waals surface area contributed by atoms with Crippen molar-refractivity contribution in [2.45, 2.75) is 112 Å². The number of hydrogen-bond donors (Lipinski definition) is 3. The second-order valence-corrected chi connectivity index (χ2v) is 15.9. The highest BCUT2D eigenvalue weighted by molar-refractivity contribution is 7.87. The second-order valence-electron chi connectivity index (χ2n) is 11.7. The molecule has 3 N–H and O–H groups in total. The van der Waals surface area contributed by atoms with Gasteiger partial charge < -0.3 is 4.74 Å². The quantitative estimate of drug-likeness (QED) is 0.0497. The summed E-state index contributed by atoms with van der Waals surface area (Å²) < 4.78 is 110. The average molecular weight is 683 g/mol. The van der Waals surface area contributed by atoms with Crippen molar-refractivity contribution in [1.29, 1.82) is 0 Å². The molecule has 4 rings (SSSR count). The minimum Gasteiger partial charge on any atom is -0.493 e. The number of hydrogen-bond acceptors (Lipinski definition) is 7. The maximum atomic E-state index is 12.4. The topological polar surface area (TPSA) is 172 Å². The molecule has 0 unspecified atom stereocenters. The lowest BCUT2D eigenvalue weighted by Gasteiger charge is -2.19. The van der Waals surface area contributed by atoms with E-state index in [1.807, 2.05) is 0 Å². The fourth-order valence-corrected chi connectivity index (χ4v) is 8.31. The first-order valence-corrected chi connectivity index (χ1v) is 19.9. The first kappa shape index (κ1) is 35.3. The average Bonchev–Trinajstić information content (AvgIpc) is 2.96. The molecule has 0 aliphatic heterocycles. The molecule has 4 aromatic rings. The van der Waals surface area contributed by atoms with Crippen molar-refractivity contribution in [1.82, 2.24) is 0 Å². The molecule has 0 aliphatic carbocycles. The zero-order valence-corrected chi connectivity index (χ0v) is 27.9. The van der Waals surface area contributed by atoms with E-state index in [2.05, 4.69) is 6.92 Å². The van der Waals surface area contributed by atoms with E-state index < -0.39 is 45.0 Å². The summed E-state index contributed by atoms with van der Waals surface area (Å²) in [7, 11) is -14.7. The Balaban J connectivity index is 1.51. The second kappa shape index (κ2) is 14.9. The maximum absolute atomic E-state index is 12.4. The fraction of sp³-hybridized carbons (Fsp3) is 0.500. The molecule has 0 aromatic heterocycles. The largest absolute Gasteiger partial charge is 0.493 e. The van der Waals surface area contributed by atoms with Gasteiger partial charge in [0.2, 0.25) is 0 Å². The van der Waals surface area contributed by atoms with Gasteiger partial charge in [0.1, 0.15) is 20.4 Å². The minimum atomic E-state index is -4.97. The third-order valence-electron chi connectivity index (χ3n) is 8.34. The molecule has 0 amide bonds. The van der Waals surface area contributed by atoms with Crippen molar-refractivity contribution in [2.24, 2.45) is 0 Å². The van der Waals surface area contributed by atoms with Crippen LogP contribution < -0.4 is 4.74 Å². The summed E-state index contributed by atoms with van der Waals surface area (Å²) in [5.74, 6) is 0.102. The molecule has 0 saturated carbocycles. The maximum Gasteiger partial charge on any atom is 0.295 e. The van der Waals surface area contributed by atoms with Gasteiger partial charge in [-0.15, -0.1) is 0 Å². The van der Waals surface area contributed by atoms with Gasteiger partial charge in [-0.2, -0.15) is 25.3 Å². The summed E-state index contributed by atoms with van der Waals surface area (Å²) in [4.78, 5) is -2.07. The molecule has 248 valence electrons. The molecular formula is C32H42O10S3. The monoisotopic (exact) mass is 682 g/mol. The normalized spacial score (nSPS) is 13.0. The SMILES string of the molecule is CCCCCCCCCCCCCCCCOc1cc(S(=O)(=O)O)c2ccc3c(S(=O)(=O)O)cc(S(=O)(=O)O)c4ccc1c2c43. The highest BCUT2D eigenvalue weighted by atomic mass is 32.2. The van der Waals surface area contributed by atoms with Gasteiger partial charge in [0.15, 0.2) is 0 Å². The Morgan fingerprint density at radius 2 is 0.822 bits per heavy atom. The van der Waals surface area contributed by atoms with Crippen molar-refractivity contribution in [3.05, 3.63) is 36.4 Å². The molecule has 0 bridgehead atoms. The lowest BCUT2D eigenvalue weighted by atomic mass is 9.93. The summed E-state index contributed by atoms with van der Waals surface area (Å²) >= 11 is 0. The van der Waals surface area contributed by atoms with Crippen LogP contribution in [0, 0.1) is 0 Å². The van der Waals surface area contributed by atoms with Crippen molar-refractivity contribution in [2.75, 3.05) is 6.61 Å². The Morgan fingerprint density at radius 1 is 0.489 bits per heavy atom. The lowest BCUT2D eigenvalue weighted by molar-refractivity contribution is 0.307. The van der Waals surface area contributed by atoms with Gasteiger partial charge in [0, 0.05) is 38.4 Å². The van der Waals surface area contributed by atoms with Crippen molar-refractivity contribution in [3.63, 3.8) is 0 Å². The Bertz CT molecular complexity index is 1900. The van der Waals surface area contributed by atoms with E-state index in [9.17, 15) is 38.9 Å². The van der Waals surface area contributed by atoms with Crippen molar-refractivity contribution < 1.29 is 43.6 Å². The molecule has 0 heterocycles. The van der Waals surface area contributed by atoms with E-state index >= 15 is 0 Å². The van der Waals surface area contributed by atoms with Gasteiger partial charge >= 0.3 is 0 Å². The van der Waals surface area contributed by atoms with Gasteiger partial charge in [0.05, 0.1) is 6.61 Å². The number of benzene rings is 4. The van der Waals surface area contributed by atoms with Crippen LogP contribution in [0.5, 0.6) is 5.75 Å². The summed E-state index contributed by atoms with van der Waals surface area (Å²) in [6, 6.07) is 7.17. The molecule has 0 spiro atoms. The molecular weight excluding hydrogens is 641 g/mol. The standard InChI is InChI=1S/C32H42O10S3/c1-2-3-4-5-6-7-8-9-10-11-12-13-14-15-20-42-27-21-28(43(33,34)35)24-18-19-26-30(45(39,40)41)22-29(44(36,37)38)25-17-16-23(27)31(24)32(25)26/h16-19,21-22H,2-15,20H2,1H3,(H,33,34,35)(H,36,37,38)(H,39,40,41). The first-order chi connectivity index (χ1) is 21.2. The zero-order chi connectivity index (χ0) is 32.8. The van der Waals surface area contributed by atoms with E-state index in [4.69, 9.17) is 4.74 Å². The van der Waals surface area contributed by atoms with Crippen LogP contribution in [-0.4, -0.2) is 45.5 Å². The molecule has 10 nitrogen and oxygen atoms in total. The number of unbranched alkanes of at least 4 members (excludes halogenated alkanes) is 13. The Kier molecular flexibility index (Phi) is 11.7. The Labute approximate surface area is 265 Å². The van der Waals surface area contributed by atoms with Gasteiger partial charge in [0.25, 0.3) is 30.4 Å². The van der Waals surface area contributed by atoms with Crippen LogP contribution in [0.3, 0.4) is 0 Å². The van der Waals surface area contributed by atoms with Crippen LogP contribution in [-0.2, 0) is 30.4 Å². The number of ether oxygens (including phenoxy) is 1. The van der Waals surface area contributed by atoms with Crippen LogP contribution in [0.15, 0.2) is 51.1 Å². The number of rotatable bonds is 19. The van der Waals surface area contributed by atoms with Crippen LogP contribution >= 0.6 is 0 Å². The molecule has 0 fully saturated rings. The third kappa shape index (κ3) is 8.63. The van der Waals surface area contributed by atoms with Crippen LogP contribution in [0.1, 0.15) is 96.8 Å². The van der Waals surface area contributed by atoms with E-state index in [-0.39, 0.29) is 39.3 Å². The molecule has 0 aliphatic rings. The van der Waals surface area contributed by atoms with Crippen LogP contribution in [0.25, 0.3) is 32.3 Å². The minimum absolute atomic E-state index is 0.0109. The Hall–Kier alpha value is -2.55. The van der Waals surface area contributed by atoms with E-state index in [1.165, 1.54) is 94.5 Å². The summed E-state index contributed by atoms with van der Waals surface area (Å²) in [6.45, 7) is 2.48. The summed E-state index contributed by atoms with van der Waals surface area (Å²) in [5.41, 5.74) is 0. The van der Waals surface area contributed by atoms with Gasteiger partial charge in [-0.05, 0) is 18.6 Å². The van der Waals surface area contributed by atoms with Crippen LogP contribution in [0.4, 0.5) is 0 Å². The van der Waals surface area contributed by atoms with E-state index in [1.54, 1.807) is 0 Å². The first-order valence-electron chi connectivity index (χ1n) is 15.6. The smallest absolute Gasteiger partial charge is 0.295 e. The van der Waals surface area contributed by atoms with Gasteiger partial charge in [-0.3, -0.25) is 13.7 Å². The van der Waals surface area contributed by atoms with Gasteiger partial charge in [-0.25, -0.2) is 0 Å². The highest BCUT2D eigenvalue weighted by Crippen LogP contribution is 2.45. The molecule has 45 heavy (non-hydrogen) atoms. The van der Waals surface area contributed by atoms with E-state index in [0.717, 1.165) is 19.3 Å². The molecule has 0 saturated heterocycles. The molecule has 0 atom stereocenters. The van der Waals surface area contributed by atoms with Crippen LogP contribution in [0.2, 0.25) is 0 Å². The lowest BCUT2D eigenvalue weighted by Crippen LogP contribution is -2.07.